The van der Waals surface area contributed by atoms with Crippen molar-refractivity contribution in [3.8, 4) is 11.1 Å². The Morgan fingerprint density at radius 3 is 1.79 bits per heavy atom. The summed E-state index contributed by atoms with van der Waals surface area (Å²) in [7, 11) is 0. The number of benzene rings is 2. The molecule has 2 rings (SSSR count). The number of rotatable bonds is 14. The number of ether oxygens (including phenoxy) is 2. The molecule has 0 spiro atoms. The van der Waals surface area contributed by atoms with Gasteiger partial charge in [-0.3, -0.25) is 0 Å². The van der Waals surface area contributed by atoms with E-state index in [1.54, 1.807) is 0 Å². The number of aliphatic hydroxyl groups is 1. The van der Waals surface area contributed by atoms with Gasteiger partial charge in [0.15, 0.2) is 0 Å². The molecule has 184 valence electrons. The molecule has 0 fully saturated rings. The summed E-state index contributed by atoms with van der Waals surface area (Å²) in [5, 5.41) is 11.5. The van der Waals surface area contributed by atoms with Gasteiger partial charge in [0.05, 0.1) is 18.1 Å². The summed E-state index contributed by atoms with van der Waals surface area (Å²) in [6, 6.07) is 10.9. The minimum atomic E-state index is -1.77. The second-order valence-corrected chi connectivity index (χ2v) is 9.35. The summed E-state index contributed by atoms with van der Waals surface area (Å²) in [6.07, 6.45) is 7.10. The van der Waals surface area contributed by atoms with Crippen molar-refractivity contribution in [2.24, 2.45) is 0 Å². The summed E-state index contributed by atoms with van der Waals surface area (Å²) in [6.45, 7) is 9.69. The fourth-order valence-electron chi connectivity index (χ4n) is 4.18. The standard InChI is InChI=1S/C28H40F2O3/c1-6-7-8-9-10-11-12-27(28(31,32-20(2)3)33-21(4)5)23-15-13-22(14-16-23)24-17-25(29)19-26(30)18-24/h13-21,27,31H,6-12H2,1-5H3. The summed E-state index contributed by atoms with van der Waals surface area (Å²) in [5.74, 6) is -3.38. The highest BCUT2D eigenvalue weighted by Gasteiger charge is 2.42. The van der Waals surface area contributed by atoms with Crippen molar-refractivity contribution in [2.75, 3.05) is 0 Å². The molecule has 1 N–H and O–H groups in total. The molecule has 0 aliphatic carbocycles. The molecule has 0 aromatic heterocycles. The number of halogens is 2. The van der Waals surface area contributed by atoms with Gasteiger partial charge in [-0.25, -0.2) is 8.78 Å². The van der Waals surface area contributed by atoms with E-state index in [1.165, 1.54) is 37.8 Å². The lowest BCUT2D eigenvalue weighted by Crippen LogP contribution is -2.45. The lowest BCUT2D eigenvalue weighted by atomic mass is 9.89. The summed E-state index contributed by atoms with van der Waals surface area (Å²) in [4.78, 5) is 0. The molecule has 0 aliphatic heterocycles. The molecular formula is C28H40F2O3. The first-order valence-corrected chi connectivity index (χ1v) is 12.3. The van der Waals surface area contributed by atoms with E-state index in [1.807, 2.05) is 52.0 Å². The third-order valence-electron chi connectivity index (χ3n) is 5.60. The average Bonchev–Trinajstić information content (AvgIpc) is 2.71. The molecule has 2 aromatic carbocycles. The molecule has 0 saturated carbocycles. The van der Waals surface area contributed by atoms with Gasteiger partial charge in [0, 0.05) is 6.07 Å². The number of unbranched alkanes of at least 4 members (excludes halogenated alkanes) is 5. The summed E-state index contributed by atoms with van der Waals surface area (Å²) in [5.41, 5.74) is 2.04. The SMILES string of the molecule is CCCCCCCCC(c1ccc(-c2cc(F)cc(F)c2)cc1)C(O)(OC(C)C)OC(C)C. The molecule has 1 atom stereocenters. The van der Waals surface area contributed by atoms with Crippen molar-refractivity contribution in [1.82, 2.24) is 0 Å². The molecule has 3 nitrogen and oxygen atoms in total. The highest BCUT2D eigenvalue weighted by Crippen LogP contribution is 2.38. The quantitative estimate of drug-likeness (QED) is 0.229. The van der Waals surface area contributed by atoms with Gasteiger partial charge in [0.1, 0.15) is 11.6 Å². The van der Waals surface area contributed by atoms with Crippen LogP contribution in [0.4, 0.5) is 8.78 Å². The van der Waals surface area contributed by atoms with Crippen molar-refractivity contribution >= 4 is 0 Å². The Kier molecular flexibility index (Phi) is 10.9. The van der Waals surface area contributed by atoms with Crippen molar-refractivity contribution in [3.05, 3.63) is 59.7 Å². The van der Waals surface area contributed by atoms with E-state index in [-0.39, 0.29) is 12.2 Å². The Balaban J connectivity index is 2.30. The predicted octanol–water partition coefficient (Wildman–Crippen LogP) is 7.96. The van der Waals surface area contributed by atoms with Crippen LogP contribution in [0.2, 0.25) is 0 Å². The molecule has 0 amide bonds. The normalized spacial score (nSPS) is 13.2. The largest absolute Gasteiger partial charge is 0.343 e. The first-order valence-electron chi connectivity index (χ1n) is 12.3. The van der Waals surface area contributed by atoms with Crippen LogP contribution in [-0.2, 0) is 9.47 Å². The van der Waals surface area contributed by atoms with Crippen LogP contribution < -0.4 is 0 Å². The second kappa shape index (κ2) is 13.2. The maximum Gasteiger partial charge on any atom is 0.288 e. The van der Waals surface area contributed by atoms with Gasteiger partial charge >= 0.3 is 0 Å². The fraction of sp³-hybridized carbons (Fsp3) is 0.571. The van der Waals surface area contributed by atoms with Crippen molar-refractivity contribution in [2.45, 2.75) is 104 Å². The van der Waals surface area contributed by atoms with Crippen LogP contribution in [0.25, 0.3) is 11.1 Å². The molecule has 0 aliphatic rings. The zero-order valence-corrected chi connectivity index (χ0v) is 20.7. The molecule has 2 aromatic rings. The smallest absolute Gasteiger partial charge is 0.288 e. The Hall–Kier alpha value is -1.82. The Morgan fingerprint density at radius 2 is 1.27 bits per heavy atom. The van der Waals surface area contributed by atoms with Gasteiger partial charge in [-0.15, -0.1) is 0 Å². The highest BCUT2D eigenvalue weighted by molar-refractivity contribution is 5.64. The van der Waals surface area contributed by atoms with Gasteiger partial charge in [0.25, 0.3) is 5.97 Å². The van der Waals surface area contributed by atoms with Crippen LogP contribution in [0.1, 0.15) is 91.0 Å². The maximum atomic E-state index is 13.7. The molecule has 0 heterocycles. The molecule has 5 heteroatoms. The van der Waals surface area contributed by atoms with Crippen LogP contribution in [-0.4, -0.2) is 23.3 Å². The van der Waals surface area contributed by atoms with E-state index >= 15 is 0 Å². The second-order valence-electron chi connectivity index (χ2n) is 9.35. The first-order chi connectivity index (χ1) is 15.6. The first kappa shape index (κ1) is 27.4. The number of hydrogen-bond donors (Lipinski definition) is 1. The summed E-state index contributed by atoms with van der Waals surface area (Å²) >= 11 is 0. The third kappa shape index (κ3) is 8.80. The van der Waals surface area contributed by atoms with E-state index in [4.69, 9.17) is 9.47 Å². The minimum Gasteiger partial charge on any atom is -0.343 e. The van der Waals surface area contributed by atoms with E-state index in [0.29, 0.717) is 17.5 Å². The average molecular weight is 463 g/mol. The van der Waals surface area contributed by atoms with Crippen molar-refractivity contribution in [3.63, 3.8) is 0 Å². The van der Waals surface area contributed by atoms with Crippen LogP contribution in [0.15, 0.2) is 42.5 Å². The van der Waals surface area contributed by atoms with E-state index in [0.717, 1.165) is 24.5 Å². The van der Waals surface area contributed by atoms with Gasteiger partial charge < -0.3 is 14.6 Å². The van der Waals surface area contributed by atoms with Crippen LogP contribution in [0.3, 0.4) is 0 Å². The topological polar surface area (TPSA) is 38.7 Å². The minimum absolute atomic E-state index is 0.227. The maximum absolute atomic E-state index is 13.7. The zero-order chi connectivity index (χ0) is 24.4. The number of hydrogen-bond acceptors (Lipinski definition) is 3. The molecule has 0 saturated heterocycles. The van der Waals surface area contributed by atoms with Gasteiger partial charge in [0.2, 0.25) is 0 Å². The van der Waals surface area contributed by atoms with Crippen LogP contribution in [0, 0.1) is 11.6 Å². The zero-order valence-electron chi connectivity index (χ0n) is 20.7. The van der Waals surface area contributed by atoms with Gasteiger partial charge in [-0.1, -0.05) is 69.7 Å². The predicted molar refractivity (Wildman–Crippen MR) is 130 cm³/mol. The fourth-order valence-corrected chi connectivity index (χ4v) is 4.18. The monoisotopic (exact) mass is 462 g/mol. The molecule has 1 unspecified atom stereocenters. The van der Waals surface area contributed by atoms with Gasteiger partial charge in [-0.05, 0) is 62.9 Å². The Morgan fingerprint density at radius 1 is 0.758 bits per heavy atom. The highest BCUT2D eigenvalue weighted by atomic mass is 19.1. The molecule has 0 radical (unpaired) electrons. The van der Waals surface area contributed by atoms with Crippen LogP contribution >= 0.6 is 0 Å². The molecule has 0 bridgehead atoms. The van der Waals surface area contributed by atoms with Crippen molar-refractivity contribution in [1.29, 1.82) is 0 Å². The molecular weight excluding hydrogens is 422 g/mol. The molecule has 33 heavy (non-hydrogen) atoms. The van der Waals surface area contributed by atoms with Crippen molar-refractivity contribution < 1.29 is 23.4 Å². The summed E-state index contributed by atoms with van der Waals surface area (Å²) < 4.78 is 39.2. The lowest BCUT2D eigenvalue weighted by Gasteiger charge is -2.38. The third-order valence-corrected chi connectivity index (χ3v) is 5.60. The van der Waals surface area contributed by atoms with E-state index in [2.05, 4.69) is 6.92 Å². The Bertz CT molecular complexity index is 803. The van der Waals surface area contributed by atoms with Crippen LogP contribution in [0.5, 0.6) is 0 Å². The van der Waals surface area contributed by atoms with Gasteiger partial charge in [-0.2, -0.15) is 0 Å². The Labute approximate surface area is 198 Å². The lowest BCUT2D eigenvalue weighted by molar-refractivity contribution is -0.393. The van der Waals surface area contributed by atoms with E-state index in [9.17, 15) is 13.9 Å². The van der Waals surface area contributed by atoms with E-state index < -0.39 is 23.5 Å².